The Hall–Kier alpha value is -2.89. The largest absolute Gasteiger partial charge is 0.493 e. The van der Waals surface area contributed by atoms with Crippen molar-refractivity contribution in [2.24, 2.45) is 0 Å². The average molecular weight is 356 g/mol. The van der Waals surface area contributed by atoms with Crippen LogP contribution in [0.4, 0.5) is 4.79 Å². The SMILES string of the molecule is COc1ccc(CCNC(=O)N[C@@H]2COc3ccccc3C2)cc1OC. The van der Waals surface area contributed by atoms with Gasteiger partial charge in [-0.3, -0.25) is 0 Å². The second-order valence-electron chi connectivity index (χ2n) is 6.16. The number of rotatable bonds is 6. The van der Waals surface area contributed by atoms with Gasteiger partial charge in [0.25, 0.3) is 0 Å². The number of methoxy groups -OCH3 is 2. The molecule has 6 heteroatoms. The van der Waals surface area contributed by atoms with Crippen LogP contribution in [0, 0.1) is 0 Å². The number of fused-ring (bicyclic) bond motifs is 1. The van der Waals surface area contributed by atoms with Crippen LogP contribution in [0.15, 0.2) is 42.5 Å². The third-order valence-electron chi connectivity index (χ3n) is 4.36. The van der Waals surface area contributed by atoms with Crippen LogP contribution < -0.4 is 24.8 Å². The summed E-state index contributed by atoms with van der Waals surface area (Å²) in [6.07, 6.45) is 1.48. The van der Waals surface area contributed by atoms with Crippen molar-refractivity contribution in [2.45, 2.75) is 18.9 Å². The fourth-order valence-corrected chi connectivity index (χ4v) is 3.01. The fraction of sp³-hybridized carbons (Fsp3) is 0.350. The van der Waals surface area contributed by atoms with Crippen LogP contribution >= 0.6 is 0 Å². The summed E-state index contributed by atoms with van der Waals surface area (Å²) in [4.78, 5) is 12.1. The molecule has 3 rings (SSSR count). The van der Waals surface area contributed by atoms with Gasteiger partial charge in [0.1, 0.15) is 12.4 Å². The van der Waals surface area contributed by atoms with Crippen molar-refractivity contribution < 1.29 is 19.0 Å². The molecule has 0 unspecified atom stereocenters. The molecule has 1 heterocycles. The van der Waals surface area contributed by atoms with E-state index in [2.05, 4.69) is 10.6 Å². The molecule has 0 bridgehead atoms. The minimum absolute atomic E-state index is 0.0222. The van der Waals surface area contributed by atoms with E-state index in [0.717, 1.165) is 23.3 Å². The van der Waals surface area contributed by atoms with Crippen molar-refractivity contribution in [1.82, 2.24) is 10.6 Å². The van der Waals surface area contributed by atoms with E-state index in [9.17, 15) is 4.79 Å². The third-order valence-corrected chi connectivity index (χ3v) is 4.36. The van der Waals surface area contributed by atoms with E-state index < -0.39 is 0 Å². The maximum atomic E-state index is 12.1. The van der Waals surface area contributed by atoms with Crippen LogP contribution in [0.2, 0.25) is 0 Å². The van der Waals surface area contributed by atoms with E-state index in [4.69, 9.17) is 14.2 Å². The smallest absolute Gasteiger partial charge is 0.315 e. The highest BCUT2D eigenvalue weighted by molar-refractivity contribution is 5.74. The van der Waals surface area contributed by atoms with Crippen LogP contribution in [0.5, 0.6) is 17.2 Å². The lowest BCUT2D eigenvalue weighted by Gasteiger charge is -2.26. The highest BCUT2D eigenvalue weighted by Gasteiger charge is 2.20. The van der Waals surface area contributed by atoms with Gasteiger partial charge in [-0.15, -0.1) is 0 Å². The van der Waals surface area contributed by atoms with Crippen molar-refractivity contribution in [3.63, 3.8) is 0 Å². The van der Waals surface area contributed by atoms with Gasteiger partial charge < -0.3 is 24.8 Å². The number of nitrogens with one attached hydrogen (secondary N) is 2. The Morgan fingerprint density at radius 2 is 1.96 bits per heavy atom. The quantitative estimate of drug-likeness (QED) is 0.835. The molecule has 0 fully saturated rings. The average Bonchev–Trinajstić information content (AvgIpc) is 2.67. The molecule has 2 aromatic rings. The maximum absolute atomic E-state index is 12.1. The predicted octanol–water partition coefficient (Wildman–Crippen LogP) is 2.55. The molecule has 26 heavy (non-hydrogen) atoms. The molecule has 0 saturated heterocycles. The number of carbonyl (C=O) groups is 1. The second kappa shape index (κ2) is 8.47. The van der Waals surface area contributed by atoms with Gasteiger partial charge in [-0.2, -0.15) is 0 Å². The van der Waals surface area contributed by atoms with E-state index >= 15 is 0 Å². The number of benzene rings is 2. The number of carbonyl (C=O) groups excluding carboxylic acids is 1. The molecule has 0 saturated carbocycles. The molecule has 6 nitrogen and oxygen atoms in total. The zero-order chi connectivity index (χ0) is 18.4. The number of hydrogen-bond acceptors (Lipinski definition) is 4. The van der Waals surface area contributed by atoms with Crippen molar-refractivity contribution >= 4 is 6.03 Å². The lowest BCUT2D eigenvalue weighted by molar-refractivity contribution is 0.214. The summed E-state index contributed by atoms with van der Waals surface area (Å²) in [5, 5.41) is 5.86. The molecular formula is C20H24N2O4. The molecule has 138 valence electrons. The highest BCUT2D eigenvalue weighted by Crippen LogP contribution is 2.27. The van der Waals surface area contributed by atoms with Crippen LogP contribution in [0.3, 0.4) is 0 Å². The summed E-state index contributed by atoms with van der Waals surface area (Å²) in [6.45, 7) is 1.02. The van der Waals surface area contributed by atoms with E-state index in [1.54, 1.807) is 14.2 Å². The number of urea groups is 1. The first-order valence-electron chi connectivity index (χ1n) is 8.65. The number of hydrogen-bond donors (Lipinski definition) is 2. The topological polar surface area (TPSA) is 68.8 Å². The van der Waals surface area contributed by atoms with Crippen molar-refractivity contribution in [1.29, 1.82) is 0 Å². The van der Waals surface area contributed by atoms with Gasteiger partial charge in [-0.25, -0.2) is 4.79 Å². The van der Waals surface area contributed by atoms with Gasteiger partial charge in [0.2, 0.25) is 0 Å². The summed E-state index contributed by atoms with van der Waals surface area (Å²) >= 11 is 0. The first kappa shape index (κ1) is 17.9. The van der Waals surface area contributed by atoms with Gasteiger partial charge in [0.15, 0.2) is 11.5 Å². The Balaban J connectivity index is 1.45. The summed E-state index contributed by atoms with van der Waals surface area (Å²) in [6, 6.07) is 13.5. The Kier molecular flexibility index (Phi) is 5.84. The standard InChI is InChI=1S/C20H24N2O4/c1-24-18-8-7-14(11-19(18)25-2)9-10-21-20(23)22-16-12-15-5-3-4-6-17(15)26-13-16/h3-8,11,16H,9-10,12-13H2,1-2H3,(H2,21,22,23)/t16-/m0/s1. The lowest BCUT2D eigenvalue weighted by Crippen LogP contribution is -2.47. The van der Waals surface area contributed by atoms with Crippen LogP contribution in [0.1, 0.15) is 11.1 Å². The normalized spacial score (nSPS) is 15.4. The number of para-hydroxylation sites is 1. The molecule has 2 aromatic carbocycles. The summed E-state index contributed by atoms with van der Waals surface area (Å²) in [5.74, 6) is 2.28. The molecule has 1 aliphatic rings. The van der Waals surface area contributed by atoms with Crippen molar-refractivity contribution in [3.8, 4) is 17.2 Å². The van der Waals surface area contributed by atoms with Crippen molar-refractivity contribution in [2.75, 3.05) is 27.4 Å². The van der Waals surface area contributed by atoms with E-state index in [1.165, 1.54) is 0 Å². The fourth-order valence-electron chi connectivity index (χ4n) is 3.01. The molecule has 0 radical (unpaired) electrons. The number of amides is 2. The van der Waals surface area contributed by atoms with E-state index in [-0.39, 0.29) is 12.1 Å². The highest BCUT2D eigenvalue weighted by atomic mass is 16.5. The minimum atomic E-state index is -0.182. The summed E-state index contributed by atoms with van der Waals surface area (Å²) < 4.78 is 16.2. The Labute approximate surface area is 153 Å². The summed E-state index contributed by atoms with van der Waals surface area (Å²) in [5.41, 5.74) is 2.19. The monoisotopic (exact) mass is 356 g/mol. The van der Waals surface area contributed by atoms with Gasteiger partial charge in [0, 0.05) is 6.54 Å². The van der Waals surface area contributed by atoms with E-state index in [1.807, 2.05) is 42.5 Å². The molecule has 1 aliphatic heterocycles. The van der Waals surface area contributed by atoms with Gasteiger partial charge >= 0.3 is 6.03 Å². The zero-order valence-corrected chi connectivity index (χ0v) is 15.1. The van der Waals surface area contributed by atoms with Gasteiger partial charge in [-0.1, -0.05) is 24.3 Å². The first-order chi connectivity index (χ1) is 12.7. The number of ether oxygens (including phenoxy) is 3. The molecule has 2 amide bonds. The second-order valence-corrected chi connectivity index (χ2v) is 6.16. The van der Waals surface area contributed by atoms with Gasteiger partial charge in [-0.05, 0) is 42.2 Å². The van der Waals surface area contributed by atoms with Crippen LogP contribution in [-0.4, -0.2) is 39.4 Å². The van der Waals surface area contributed by atoms with Crippen LogP contribution in [-0.2, 0) is 12.8 Å². The molecule has 0 spiro atoms. The lowest BCUT2D eigenvalue weighted by atomic mass is 10.0. The van der Waals surface area contributed by atoms with Crippen LogP contribution in [0.25, 0.3) is 0 Å². The first-order valence-corrected chi connectivity index (χ1v) is 8.65. The zero-order valence-electron chi connectivity index (χ0n) is 15.1. The molecule has 0 aromatic heterocycles. The predicted molar refractivity (Wildman–Crippen MR) is 99.2 cm³/mol. The Morgan fingerprint density at radius 1 is 1.15 bits per heavy atom. The van der Waals surface area contributed by atoms with E-state index in [0.29, 0.717) is 31.1 Å². The molecule has 2 N–H and O–H groups in total. The van der Waals surface area contributed by atoms with Gasteiger partial charge in [0.05, 0.1) is 20.3 Å². The molecule has 1 atom stereocenters. The maximum Gasteiger partial charge on any atom is 0.315 e. The molecular weight excluding hydrogens is 332 g/mol. The van der Waals surface area contributed by atoms with Crippen molar-refractivity contribution in [3.05, 3.63) is 53.6 Å². The third kappa shape index (κ3) is 4.39. The molecule has 0 aliphatic carbocycles. The summed E-state index contributed by atoms with van der Waals surface area (Å²) in [7, 11) is 3.22. The minimum Gasteiger partial charge on any atom is -0.493 e. The Morgan fingerprint density at radius 3 is 2.77 bits per heavy atom. The Bertz CT molecular complexity index is 763.